The molecule has 0 fully saturated rings. The Bertz CT molecular complexity index is 976. The van der Waals surface area contributed by atoms with Gasteiger partial charge in [0.25, 0.3) is 5.69 Å². The Kier molecular flexibility index (Phi) is 5.03. The number of aryl methyl sites for hydroxylation is 1. The van der Waals surface area contributed by atoms with Crippen LogP contribution >= 0.6 is 0 Å². The van der Waals surface area contributed by atoms with Crippen molar-refractivity contribution in [3.63, 3.8) is 0 Å². The van der Waals surface area contributed by atoms with Gasteiger partial charge in [-0.1, -0.05) is 18.2 Å². The van der Waals surface area contributed by atoms with Crippen LogP contribution in [0.1, 0.15) is 30.5 Å². The van der Waals surface area contributed by atoms with Crippen molar-refractivity contribution in [2.45, 2.75) is 26.9 Å². The van der Waals surface area contributed by atoms with Crippen LogP contribution in [0.2, 0.25) is 0 Å². The number of benzene rings is 2. The van der Waals surface area contributed by atoms with Gasteiger partial charge in [-0.3, -0.25) is 10.1 Å². The number of nitro benzene ring substituents is 1. The Labute approximate surface area is 156 Å². The van der Waals surface area contributed by atoms with Crippen molar-refractivity contribution in [1.82, 2.24) is 0 Å². The number of nitro groups is 1. The molecule has 0 saturated heterocycles. The zero-order chi connectivity index (χ0) is 19.6. The summed E-state index contributed by atoms with van der Waals surface area (Å²) in [6, 6.07) is 11.8. The number of para-hydroxylation sites is 1. The summed E-state index contributed by atoms with van der Waals surface area (Å²) in [4.78, 5) is 26.9. The second kappa shape index (κ2) is 7.41. The summed E-state index contributed by atoms with van der Waals surface area (Å²) in [5.74, 6) is 0.175. The lowest BCUT2D eigenvalue weighted by atomic mass is 10.1. The first-order valence-corrected chi connectivity index (χ1v) is 8.39. The van der Waals surface area contributed by atoms with E-state index >= 15 is 0 Å². The van der Waals surface area contributed by atoms with Crippen LogP contribution < -0.4 is 4.74 Å². The molecule has 0 N–H and O–H groups in total. The maximum atomic E-state index is 12.2. The van der Waals surface area contributed by atoms with Crippen molar-refractivity contribution < 1.29 is 19.2 Å². The fourth-order valence-corrected chi connectivity index (χ4v) is 2.63. The summed E-state index contributed by atoms with van der Waals surface area (Å²) >= 11 is 0. The van der Waals surface area contributed by atoms with E-state index in [1.54, 1.807) is 19.1 Å². The van der Waals surface area contributed by atoms with Gasteiger partial charge in [0.2, 0.25) is 5.90 Å². The van der Waals surface area contributed by atoms with E-state index in [0.717, 1.165) is 0 Å². The number of nitrogens with zero attached hydrogens (tertiary/aromatic N) is 2. The van der Waals surface area contributed by atoms with Crippen LogP contribution in [0.15, 0.2) is 53.2 Å². The lowest BCUT2D eigenvalue weighted by molar-refractivity contribution is -0.385. The molecule has 1 heterocycles. The molecule has 0 spiro atoms. The normalized spacial score (nSPS) is 15.0. The Morgan fingerprint density at radius 2 is 1.96 bits per heavy atom. The number of carbonyl (C=O) groups is 1. The molecule has 27 heavy (non-hydrogen) atoms. The molecule has 0 bridgehead atoms. The highest BCUT2D eigenvalue weighted by atomic mass is 16.6. The van der Waals surface area contributed by atoms with E-state index in [1.807, 2.05) is 38.1 Å². The van der Waals surface area contributed by atoms with Gasteiger partial charge in [0.05, 0.1) is 11.0 Å². The number of hydrogen-bond acceptors (Lipinski definition) is 6. The van der Waals surface area contributed by atoms with Gasteiger partial charge in [-0.15, -0.1) is 0 Å². The van der Waals surface area contributed by atoms with Gasteiger partial charge in [0.15, 0.2) is 5.70 Å². The molecule has 7 heteroatoms. The third kappa shape index (κ3) is 4.03. The summed E-state index contributed by atoms with van der Waals surface area (Å²) < 4.78 is 11.0. The summed E-state index contributed by atoms with van der Waals surface area (Å²) in [6.45, 7) is 5.46. The van der Waals surface area contributed by atoms with Gasteiger partial charge in [-0.2, -0.15) is 0 Å². The quantitative estimate of drug-likeness (QED) is 0.345. The molecule has 2 aromatic carbocycles. The summed E-state index contributed by atoms with van der Waals surface area (Å²) in [5, 5.41) is 10.9. The zero-order valence-corrected chi connectivity index (χ0v) is 15.1. The number of aliphatic imine (C=N–C) groups is 1. The number of carbonyl (C=O) groups excluding carboxylic acids is 1. The molecule has 3 rings (SSSR count). The SMILES string of the molecule is Cc1cc(C2=N/C(=C\c3ccccc3OC(C)C)C(=O)O2)ccc1[N+](=O)[O-]. The first-order chi connectivity index (χ1) is 12.8. The van der Waals surface area contributed by atoms with Crippen molar-refractivity contribution in [2.75, 3.05) is 0 Å². The van der Waals surface area contributed by atoms with Crippen molar-refractivity contribution in [1.29, 1.82) is 0 Å². The van der Waals surface area contributed by atoms with Crippen LogP contribution in [-0.4, -0.2) is 22.9 Å². The molecule has 7 nitrogen and oxygen atoms in total. The molecule has 0 atom stereocenters. The monoisotopic (exact) mass is 366 g/mol. The minimum atomic E-state index is -0.583. The number of ether oxygens (including phenoxy) is 2. The molecule has 0 aromatic heterocycles. The third-order valence-electron chi connectivity index (χ3n) is 3.83. The summed E-state index contributed by atoms with van der Waals surface area (Å²) in [6.07, 6.45) is 1.59. The Hall–Kier alpha value is -3.48. The molecule has 0 unspecified atom stereocenters. The first-order valence-electron chi connectivity index (χ1n) is 8.39. The Balaban J connectivity index is 1.94. The second-order valence-corrected chi connectivity index (χ2v) is 6.30. The van der Waals surface area contributed by atoms with Gasteiger partial charge in [0.1, 0.15) is 5.75 Å². The molecular formula is C20H18N2O5. The largest absolute Gasteiger partial charge is 0.490 e. The van der Waals surface area contributed by atoms with Gasteiger partial charge in [-0.05, 0) is 45.0 Å². The van der Waals surface area contributed by atoms with E-state index in [0.29, 0.717) is 22.4 Å². The number of rotatable bonds is 5. The average Bonchev–Trinajstić information content (AvgIpc) is 2.96. The van der Waals surface area contributed by atoms with Crippen LogP contribution in [0.5, 0.6) is 5.75 Å². The number of esters is 1. The van der Waals surface area contributed by atoms with Crippen LogP contribution in [0, 0.1) is 17.0 Å². The maximum Gasteiger partial charge on any atom is 0.363 e. The maximum absolute atomic E-state index is 12.2. The molecule has 0 saturated carbocycles. The van der Waals surface area contributed by atoms with Gasteiger partial charge in [-0.25, -0.2) is 9.79 Å². The molecular weight excluding hydrogens is 348 g/mol. The fraction of sp³-hybridized carbons (Fsp3) is 0.200. The van der Waals surface area contributed by atoms with Crippen LogP contribution in [0.4, 0.5) is 5.69 Å². The lowest BCUT2D eigenvalue weighted by Crippen LogP contribution is -2.07. The van der Waals surface area contributed by atoms with Gasteiger partial charge in [0, 0.05) is 22.8 Å². The van der Waals surface area contributed by atoms with Crippen LogP contribution in [0.3, 0.4) is 0 Å². The van der Waals surface area contributed by atoms with Crippen molar-refractivity contribution in [2.24, 2.45) is 4.99 Å². The summed E-state index contributed by atoms with van der Waals surface area (Å²) in [5.41, 5.74) is 1.81. The van der Waals surface area contributed by atoms with Crippen molar-refractivity contribution >= 4 is 23.6 Å². The number of cyclic esters (lactones) is 1. The van der Waals surface area contributed by atoms with E-state index < -0.39 is 10.9 Å². The molecule has 138 valence electrons. The fourth-order valence-electron chi connectivity index (χ4n) is 2.63. The molecule has 1 aliphatic heterocycles. The molecule has 2 aromatic rings. The standard InChI is InChI=1S/C20H18N2O5/c1-12(2)26-18-7-5-4-6-14(18)11-16-20(23)27-19(21-16)15-8-9-17(22(24)25)13(3)10-15/h4-12H,1-3H3/b16-11-. The van der Waals surface area contributed by atoms with Gasteiger partial charge < -0.3 is 9.47 Å². The molecule has 0 radical (unpaired) electrons. The van der Waals surface area contributed by atoms with Crippen LogP contribution in [0.25, 0.3) is 6.08 Å². The molecule has 1 aliphatic rings. The topological polar surface area (TPSA) is 91.0 Å². The minimum absolute atomic E-state index is 0.000740. The highest BCUT2D eigenvalue weighted by Crippen LogP contribution is 2.26. The van der Waals surface area contributed by atoms with E-state index in [2.05, 4.69) is 4.99 Å². The summed E-state index contributed by atoms with van der Waals surface area (Å²) in [7, 11) is 0. The predicted octanol–water partition coefficient (Wildman–Crippen LogP) is 4.03. The lowest BCUT2D eigenvalue weighted by Gasteiger charge is -2.12. The van der Waals surface area contributed by atoms with Crippen molar-refractivity contribution in [3.05, 3.63) is 75.0 Å². The van der Waals surface area contributed by atoms with E-state index in [-0.39, 0.29) is 23.4 Å². The molecule has 0 amide bonds. The Morgan fingerprint density at radius 3 is 2.63 bits per heavy atom. The smallest absolute Gasteiger partial charge is 0.363 e. The predicted molar refractivity (Wildman–Crippen MR) is 101 cm³/mol. The third-order valence-corrected chi connectivity index (χ3v) is 3.83. The highest BCUT2D eigenvalue weighted by molar-refractivity contribution is 6.13. The second-order valence-electron chi connectivity index (χ2n) is 6.30. The van der Waals surface area contributed by atoms with Crippen LogP contribution in [-0.2, 0) is 9.53 Å². The van der Waals surface area contributed by atoms with E-state index in [1.165, 1.54) is 12.1 Å². The van der Waals surface area contributed by atoms with E-state index in [4.69, 9.17) is 9.47 Å². The zero-order valence-electron chi connectivity index (χ0n) is 15.1. The average molecular weight is 366 g/mol. The first kappa shape index (κ1) is 18.3. The number of hydrogen-bond donors (Lipinski definition) is 0. The Morgan fingerprint density at radius 1 is 1.22 bits per heavy atom. The molecule has 0 aliphatic carbocycles. The minimum Gasteiger partial charge on any atom is -0.490 e. The van der Waals surface area contributed by atoms with E-state index in [9.17, 15) is 14.9 Å². The highest BCUT2D eigenvalue weighted by Gasteiger charge is 2.25. The van der Waals surface area contributed by atoms with Gasteiger partial charge >= 0.3 is 5.97 Å². The van der Waals surface area contributed by atoms with Crippen molar-refractivity contribution in [3.8, 4) is 5.75 Å².